The maximum atomic E-state index is 11.1. The number of fused-ring (bicyclic) bond motifs is 1. The minimum atomic E-state index is -0.572. The lowest BCUT2D eigenvalue weighted by Crippen LogP contribution is -2.31. The largest absolute Gasteiger partial charge is 0.481 e. The molecule has 0 heterocycles. The summed E-state index contributed by atoms with van der Waals surface area (Å²) >= 11 is 0. The highest BCUT2D eigenvalue weighted by atomic mass is 16.4. The molecule has 2 aliphatic rings. The summed E-state index contributed by atoms with van der Waals surface area (Å²) in [6.45, 7) is 1.94. The number of rotatable bonds is 1. The van der Waals surface area contributed by atoms with E-state index in [1.807, 2.05) is 6.92 Å². The standard InChI is InChI=1S/C10H16O2/c1-10(9(11)12)6-5-7-3-2-4-8(7)10/h7-8H,2-6H2,1H3,(H,11,12)/t7-,8-,10?/m0/s1. The van der Waals surface area contributed by atoms with E-state index in [0.717, 1.165) is 25.2 Å². The Kier molecular flexibility index (Phi) is 1.67. The van der Waals surface area contributed by atoms with Crippen molar-refractivity contribution in [3.63, 3.8) is 0 Å². The van der Waals surface area contributed by atoms with E-state index in [9.17, 15) is 4.79 Å². The average molecular weight is 168 g/mol. The van der Waals surface area contributed by atoms with E-state index in [0.29, 0.717) is 5.92 Å². The summed E-state index contributed by atoms with van der Waals surface area (Å²) in [4.78, 5) is 11.1. The zero-order valence-electron chi connectivity index (χ0n) is 7.55. The lowest BCUT2D eigenvalue weighted by atomic mass is 9.78. The van der Waals surface area contributed by atoms with E-state index in [-0.39, 0.29) is 5.41 Å². The Morgan fingerprint density at radius 3 is 2.83 bits per heavy atom. The molecular weight excluding hydrogens is 152 g/mol. The molecule has 2 rings (SSSR count). The van der Waals surface area contributed by atoms with Crippen LogP contribution in [0.2, 0.25) is 0 Å². The molecule has 2 heteroatoms. The normalized spacial score (nSPS) is 46.1. The van der Waals surface area contributed by atoms with Crippen molar-refractivity contribution in [1.82, 2.24) is 0 Å². The first kappa shape index (κ1) is 8.09. The van der Waals surface area contributed by atoms with Crippen LogP contribution >= 0.6 is 0 Å². The molecule has 68 valence electrons. The Morgan fingerprint density at radius 2 is 2.17 bits per heavy atom. The molecule has 2 fully saturated rings. The molecule has 0 radical (unpaired) electrons. The van der Waals surface area contributed by atoms with E-state index in [1.165, 1.54) is 12.8 Å². The number of carboxylic acids is 1. The SMILES string of the molecule is CC1(C(=O)O)CC[C@@H]2CCC[C@@H]21. The third kappa shape index (κ3) is 0.900. The van der Waals surface area contributed by atoms with Crippen molar-refractivity contribution in [2.75, 3.05) is 0 Å². The van der Waals surface area contributed by atoms with Gasteiger partial charge in [0.2, 0.25) is 0 Å². The van der Waals surface area contributed by atoms with Crippen molar-refractivity contribution in [2.24, 2.45) is 17.3 Å². The molecule has 1 unspecified atom stereocenters. The fourth-order valence-electron chi connectivity index (χ4n) is 3.16. The second-order valence-electron chi connectivity index (χ2n) is 4.56. The number of hydrogen-bond acceptors (Lipinski definition) is 1. The second kappa shape index (κ2) is 2.48. The van der Waals surface area contributed by atoms with Crippen molar-refractivity contribution in [3.05, 3.63) is 0 Å². The third-order valence-electron chi connectivity index (χ3n) is 4.00. The Bertz CT molecular complexity index is 212. The van der Waals surface area contributed by atoms with Gasteiger partial charge in [-0.15, -0.1) is 0 Å². The molecule has 2 nitrogen and oxygen atoms in total. The minimum absolute atomic E-state index is 0.388. The highest BCUT2D eigenvalue weighted by Gasteiger charge is 2.51. The molecule has 12 heavy (non-hydrogen) atoms. The molecule has 0 amide bonds. The van der Waals surface area contributed by atoms with Gasteiger partial charge < -0.3 is 5.11 Å². The van der Waals surface area contributed by atoms with Gasteiger partial charge in [0.15, 0.2) is 0 Å². The predicted molar refractivity (Wildman–Crippen MR) is 45.8 cm³/mol. The molecule has 2 aliphatic carbocycles. The number of hydrogen-bond donors (Lipinski definition) is 1. The highest BCUT2D eigenvalue weighted by Crippen LogP contribution is 2.54. The van der Waals surface area contributed by atoms with E-state index in [1.54, 1.807) is 0 Å². The highest BCUT2D eigenvalue weighted by molar-refractivity contribution is 5.75. The van der Waals surface area contributed by atoms with Crippen molar-refractivity contribution in [2.45, 2.75) is 39.0 Å². The van der Waals surface area contributed by atoms with Crippen molar-refractivity contribution < 1.29 is 9.90 Å². The van der Waals surface area contributed by atoms with Crippen LogP contribution < -0.4 is 0 Å². The Hall–Kier alpha value is -0.530. The first-order chi connectivity index (χ1) is 5.64. The average Bonchev–Trinajstić information content (AvgIpc) is 2.54. The van der Waals surface area contributed by atoms with Crippen molar-refractivity contribution >= 4 is 5.97 Å². The summed E-state index contributed by atoms with van der Waals surface area (Å²) in [6, 6.07) is 0. The van der Waals surface area contributed by atoms with Gasteiger partial charge >= 0.3 is 5.97 Å². The molecule has 1 N–H and O–H groups in total. The maximum Gasteiger partial charge on any atom is 0.309 e. The van der Waals surface area contributed by atoms with Gasteiger partial charge in [-0.2, -0.15) is 0 Å². The van der Waals surface area contributed by atoms with E-state index >= 15 is 0 Å². The first-order valence-corrected chi connectivity index (χ1v) is 4.88. The minimum Gasteiger partial charge on any atom is -0.481 e. The summed E-state index contributed by atoms with van der Waals surface area (Å²) in [5.41, 5.74) is -0.388. The first-order valence-electron chi connectivity index (χ1n) is 4.88. The smallest absolute Gasteiger partial charge is 0.309 e. The van der Waals surface area contributed by atoms with Crippen molar-refractivity contribution in [3.8, 4) is 0 Å². The summed E-state index contributed by atoms with van der Waals surface area (Å²) in [5, 5.41) is 9.12. The van der Waals surface area contributed by atoms with Crippen LogP contribution in [-0.4, -0.2) is 11.1 Å². The second-order valence-corrected chi connectivity index (χ2v) is 4.56. The van der Waals surface area contributed by atoms with Gasteiger partial charge in [-0.05, 0) is 38.0 Å². The van der Waals surface area contributed by atoms with Gasteiger partial charge in [0.1, 0.15) is 0 Å². The number of carboxylic acid groups (broad SMARTS) is 1. The Morgan fingerprint density at radius 1 is 1.42 bits per heavy atom. The van der Waals surface area contributed by atoms with Crippen molar-refractivity contribution in [1.29, 1.82) is 0 Å². The lowest BCUT2D eigenvalue weighted by molar-refractivity contribution is -0.150. The summed E-state index contributed by atoms with van der Waals surface area (Å²) in [7, 11) is 0. The molecular formula is C10H16O2. The van der Waals surface area contributed by atoms with E-state index in [4.69, 9.17) is 5.11 Å². The summed E-state index contributed by atoms with van der Waals surface area (Å²) < 4.78 is 0. The van der Waals surface area contributed by atoms with E-state index < -0.39 is 5.97 Å². The van der Waals surface area contributed by atoms with Crippen LogP contribution in [0.1, 0.15) is 39.0 Å². The molecule has 0 saturated heterocycles. The number of carbonyl (C=O) groups is 1. The van der Waals surface area contributed by atoms with Crippen LogP contribution in [0.3, 0.4) is 0 Å². The predicted octanol–water partition coefficient (Wildman–Crippen LogP) is 2.29. The van der Waals surface area contributed by atoms with Crippen LogP contribution in [0.5, 0.6) is 0 Å². The molecule has 0 aromatic rings. The fraction of sp³-hybridized carbons (Fsp3) is 0.900. The van der Waals surface area contributed by atoms with Crippen LogP contribution in [0.15, 0.2) is 0 Å². The summed E-state index contributed by atoms with van der Waals surface area (Å²) in [5.74, 6) is 0.637. The molecule has 0 spiro atoms. The fourth-order valence-corrected chi connectivity index (χ4v) is 3.16. The Labute approximate surface area is 73.0 Å². The van der Waals surface area contributed by atoms with E-state index in [2.05, 4.69) is 0 Å². The van der Waals surface area contributed by atoms with Crippen LogP contribution in [0, 0.1) is 17.3 Å². The lowest BCUT2D eigenvalue weighted by Gasteiger charge is -2.25. The van der Waals surface area contributed by atoms with Crippen LogP contribution in [0.4, 0.5) is 0 Å². The van der Waals surface area contributed by atoms with Gasteiger partial charge in [0.25, 0.3) is 0 Å². The quantitative estimate of drug-likeness (QED) is 0.652. The zero-order valence-corrected chi connectivity index (χ0v) is 7.55. The molecule has 0 aliphatic heterocycles. The van der Waals surface area contributed by atoms with Gasteiger partial charge in [0, 0.05) is 0 Å². The van der Waals surface area contributed by atoms with Gasteiger partial charge in [0.05, 0.1) is 5.41 Å². The third-order valence-corrected chi connectivity index (χ3v) is 4.00. The van der Waals surface area contributed by atoms with Gasteiger partial charge in [-0.3, -0.25) is 4.79 Å². The molecule has 0 aromatic heterocycles. The summed E-state index contributed by atoms with van der Waals surface area (Å²) in [6.07, 6.45) is 5.71. The van der Waals surface area contributed by atoms with Gasteiger partial charge in [-0.25, -0.2) is 0 Å². The van der Waals surface area contributed by atoms with Crippen LogP contribution in [0.25, 0.3) is 0 Å². The monoisotopic (exact) mass is 168 g/mol. The Balaban J connectivity index is 2.22. The topological polar surface area (TPSA) is 37.3 Å². The molecule has 0 aromatic carbocycles. The molecule has 0 bridgehead atoms. The molecule has 2 saturated carbocycles. The number of aliphatic carboxylic acids is 1. The zero-order chi connectivity index (χ0) is 8.77. The van der Waals surface area contributed by atoms with Crippen LogP contribution in [-0.2, 0) is 4.79 Å². The molecule has 3 atom stereocenters. The maximum absolute atomic E-state index is 11.1. The van der Waals surface area contributed by atoms with Gasteiger partial charge in [-0.1, -0.05) is 12.8 Å².